The summed E-state index contributed by atoms with van der Waals surface area (Å²) in [7, 11) is 0. The third-order valence-corrected chi connectivity index (χ3v) is 5.70. The molecule has 0 bridgehead atoms. The fourth-order valence-corrected chi connectivity index (χ4v) is 3.96. The Morgan fingerprint density at radius 1 is 1.32 bits per heavy atom. The monoisotopic (exact) mass is 408 g/mol. The van der Waals surface area contributed by atoms with E-state index in [9.17, 15) is 14.4 Å². The molecule has 0 saturated carbocycles. The second-order valence-electron chi connectivity index (χ2n) is 7.12. The molecule has 3 N–H and O–H groups in total. The van der Waals surface area contributed by atoms with Gasteiger partial charge >= 0.3 is 0 Å². The Balaban J connectivity index is 1.32. The summed E-state index contributed by atoms with van der Waals surface area (Å²) < 4.78 is 18.5. The first kappa shape index (κ1) is 19.1. The minimum absolute atomic E-state index is 0.126. The summed E-state index contributed by atoms with van der Waals surface area (Å²) in [5.74, 6) is -0.471. The Labute approximate surface area is 166 Å². The smallest absolute Gasteiger partial charge is 0.248 e. The normalized spacial score (nSPS) is 27.9. The zero-order valence-corrected chi connectivity index (χ0v) is 15.6. The number of quaternary nitrogens is 1. The van der Waals surface area contributed by atoms with Gasteiger partial charge in [-0.05, 0) is 36.4 Å². The van der Waals surface area contributed by atoms with Crippen LogP contribution in [-0.2, 0) is 17.9 Å². The number of carbonyl (C=O) groups excluding carboxylic acids is 1. The van der Waals surface area contributed by atoms with Crippen LogP contribution in [0.15, 0.2) is 42.5 Å². The van der Waals surface area contributed by atoms with E-state index < -0.39 is 11.7 Å². The number of amides is 1. The second-order valence-corrected chi connectivity index (χ2v) is 7.53. The molecule has 2 aliphatic rings. The first-order chi connectivity index (χ1) is 13.4. The predicted molar refractivity (Wildman–Crippen MR) is 96.5 cm³/mol. The molecular weight excluding hydrogens is 389 g/mol. The van der Waals surface area contributed by atoms with Crippen molar-refractivity contribution in [2.75, 3.05) is 6.54 Å². The van der Waals surface area contributed by atoms with Crippen molar-refractivity contribution in [1.29, 1.82) is 0 Å². The molecule has 2 aromatic carbocycles. The molecule has 7 nitrogen and oxygen atoms in total. The van der Waals surface area contributed by atoms with Crippen molar-refractivity contribution in [1.82, 2.24) is 10.5 Å². The van der Waals surface area contributed by atoms with Gasteiger partial charge in [0.25, 0.3) is 0 Å². The van der Waals surface area contributed by atoms with Crippen molar-refractivity contribution in [2.24, 2.45) is 5.92 Å². The average Bonchev–Trinajstić information content (AvgIpc) is 3.03. The van der Waals surface area contributed by atoms with Gasteiger partial charge < -0.3 is 4.74 Å². The molecule has 148 valence electrons. The maximum absolute atomic E-state index is 13.1. The van der Waals surface area contributed by atoms with E-state index >= 15 is 0 Å². The van der Waals surface area contributed by atoms with E-state index in [0.717, 1.165) is 5.56 Å². The van der Waals surface area contributed by atoms with Gasteiger partial charge in [0.2, 0.25) is 12.1 Å². The molecule has 4 rings (SSSR count). The Bertz CT molecular complexity index is 883. The van der Waals surface area contributed by atoms with Gasteiger partial charge in [-0.15, -0.1) is 0 Å². The molecular formula is C19H20ClFN3O4+. The first-order valence-electron chi connectivity index (χ1n) is 8.88. The van der Waals surface area contributed by atoms with E-state index in [0.29, 0.717) is 35.8 Å². The van der Waals surface area contributed by atoms with Crippen molar-refractivity contribution in [3.63, 3.8) is 0 Å². The van der Waals surface area contributed by atoms with Crippen LogP contribution in [-0.4, -0.2) is 38.8 Å². The van der Waals surface area contributed by atoms with Crippen molar-refractivity contribution < 1.29 is 29.1 Å². The number of nitrogens with one attached hydrogen (secondary N) is 1. The topological polar surface area (TPSA) is 81.8 Å². The molecule has 3 unspecified atom stereocenters. The number of rotatable bonds is 6. The Kier molecular flexibility index (Phi) is 4.98. The van der Waals surface area contributed by atoms with E-state index in [-0.39, 0.29) is 23.4 Å². The molecule has 28 heavy (non-hydrogen) atoms. The van der Waals surface area contributed by atoms with Gasteiger partial charge in [-0.1, -0.05) is 27.4 Å². The minimum atomic E-state index is -0.415. The van der Waals surface area contributed by atoms with Crippen LogP contribution >= 0.6 is 11.6 Å². The van der Waals surface area contributed by atoms with Gasteiger partial charge in [-0.3, -0.25) is 10.0 Å². The molecule has 2 aromatic rings. The number of nitrogens with zero attached hydrogens (tertiary/aromatic N) is 2. The average molecular weight is 409 g/mol. The lowest BCUT2D eigenvalue weighted by Crippen LogP contribution is -2.38. The molecule has 2 saturated heterocycles. The van der Waals surface area contributed by atoms with Crippen LogP contribution in [0.25, 0.3) is 0 Å². The summed E-state index contributed by atoms with van der Waals surface area (Å²) >= 11 is 5.99. The SMILES string of the molecule is O=C(NO)[C@@H]1CC2N(C1)[N+]2(O)Cc1ccc(OCc2ccc(F)cc2Cl)cc1. The summed E-state index contributed by atoms with van der Waals surface area (Å²) in [5.41, 5.74) is 3.28. The van der Waals surface area contributed by atoms with Crippen LogP contribution in [0.1, 0.15) is 17.5 Å². The van der Waals surface area contributed by atoms with Crippen LogP contribution < -0.4 is 10.2 Å². The van der Waals surface area contributed by atoms with E-state index in [2.05, 4.69) is 0 Å². The van der Waals surface area contributed by atoms with Crippen LogP contribution in [0, 0.1) is 11.7 Å². The molecule has 1 amide bonds. The molecule has 0 radical (unpaired) electrons. The molecule has 2 fully saturated rings. The van der Waals surface area contributed by atoms with Crippen molar-refractivity contribution in [3.05, 3.63) is 64.4 Å². The molecule has 2 heterocycles. The lowest BCUT2D eigenvalue weighted by molar-refractivity contribution is -1.07. The number of halogens is 2. The zero-order valence-electron chi connectivity index (χ0n) is 14.9. The largest absolute Gasteiger partial charge is 0.489 e. The van der Waals surface area contributed by atoms with E-state index in [1.165, 1.54) is 12.1 Å². The second kappa shape index (κ2) is 7.31. The van der Waals surface area contributed by atoms with Crippen molar-refractivity contribution in [3.8, 4) is 5.75 Å². The van der Waals surface area contributed by atoms with E-state index in [1.54, 1.807) is 23.7 Å². The first-order valence-corrected chi connectivity index (χ1v) is 9.26. The Morgan fingerprint density at radius 3 is 2.68 bits per heavy atom. The number of benzene rings is 2. The predicted octanol–water partition coefficient (Wildman–Crippen LogP) is 2.85. The summed E-state index contributed by atoms with van der Waals surface area (Å²) in [5, 5.41) is 21.5. The number of fused-ring (bicyclic) bond motifs is 1. The third kappa shape index (κ3) is 3.57. The highest BCUT2D eigenvalue weighted by atomic mass is 35.5. The number of hydrogen-bond donors (Lipinski definition) is 3. The standard InChI is InChI=1S/C19H19ClFN3O4/c20-17-8-15(21)4-3-13(17)11-28-16-5-1-12(2-6-16)10-24(27)18-7-14(9-23(18)24)19(25)22-26/h1-6,8,14,18,27H,7,9-11H2,(H-,22,25,26)/p+1/t14-,18?,23?,24?/m1/s1. The summed E-state index contributed by atoms with van der Waals surface area (Å²) in [6, 6.07) is 11.5. The lowest BCUT2D eigenvalue weighted by Gasteiger charge is -2.16. The van der Waals surface area contributed by atoms with Gasteiger partial charge in [-0.2, -0.15) is 5.21 Å². The molecule has 0 aromatic heterocycles. The summed E-state index contributed by atoms with van der Waals surface area (Å²) in [4.78, 5) is 11.5. The van der Waals surface area contributed by atoms with Crippen molar-refractivity contribution >= 4 is 17.5 Å². The van der Waals surface area contributed by atoms with E-state index in [4.69, 9.17) is 21.5 Å². The summed E-state index contributed by atoms with van der Waals surface area (Å²) in [6.45, 7) is 1.03. The van der Waals surface area contributed by atoms with Crippen LogP contribution in [0.4, 0.5) is 4.39 Å². The summed E-state index contributed by atoms with van der Waals surface area (Å²) in [6.07, 6.45) is 0.376. The van der Waals surface area contributed by atoms with Crippen LogP contribution in [0.5, 0.6) is 5.75 Å². The van der Waals surface area contributed by atoms with Crippen LogP contribution in [0.3, 0.4) is 0 Å². The van der Waals surface area contributed by atoms with Gasteiger partial charge in [0.05, 0.1) is 17.5 Å². The fraction of sp³-hybridized carbons (Fsp3) is 0.316. The maximum Gasteiger partial charge on any atom is 0.248 e. The minimum Gasteiger partial charge on any atom is -0.489 e. The maximum atomic E-state index is 13.1. The molecule has 2 aliphatic heterocycles. The number of hydrogen-bond acceptors (Lipinski definition) is 5. The fourth-order valence-electron chi connectivity index (χ4n) is 3.73. The van der Waals surface area contributed by atoms with Crippen LogP contribution in [0.2, 0.25) is 5.02 Å². The number of ether oxygens (including phenoxy) is 1. The Hall–Kier alpha value is -2.23. The third-order valence-electron chi connectivity index (χ3n) is 5.34. The quantitative estimate of drug-likeness (QED) is 0.296. The van der Waals surface area contributed by atoms with Crippen molar-refractivity contribution in [2.45, 2.75) is 25.7 Å². The highest BCUT2D eigenvalue weighted by Crippen LogP contribution is 2.47. The molecule has 0 spiro atoms. The highest BCUT2D eigenvalue weighted by Gasteiger charge is 2.71. The molecule has 4 atom stereocenters. The molecule has 9 heteroatoms. The number of carbonyl (C=O) groups is 1. The number of hydroxylamine groups is 3. The molecule has 0 aliphatic carbocycles. The lowest BCUT2D eigenvalue weighted by atomic mass is 10.1. The van der Waals surface area contributed by atoms with Gasteiger partial charge in [-0.25, -0.2) is 9.87 Å². The van der Waals surface area contributed by atoms with E-state index in [1.807, 2.05) is 17.1 Å². The zero-order chi connectivity index (χ0) is 19.9. The van der Waals surface area contributed by atoms with Gasteiger partial charge in [0.15, 0.2) is 6.54 Å². The van der Waals surface area contributed by atoms with Gasteiger partial charge in [0.1, 0.15) is 18.2 Å². The Morgan fingerprint density at radius 2 is 2.07 bits per heavy atom. The van der Waals surface area contributed by atoms with Gasteiger partial charge in [0, 0.05) is 17.5 Å². The highest BCUT2D eigenvalue weighted by molar-refractivity contribution is 6.31.